The lowest BCUT2D eigenvalue weighted by atomic mass is 9.99. The number of aryl methyl sites for hydroxylation is 1. The third kappa shape index (κ3) is 3.39. The Bertz CT molecular complexity index is 706. The van der Waals surface area contributed by atoms with E-state index in [-0.39, 0.29) is 5.43 Å². The van der Waals surface area contributed by atoms with Gasteiger partial charge in [0.05, 0.1) is 6.61 Å². The number of H-pyrrole nitrogens is 1. The average Bonchev–Trinajstić information content (AvgIpc) is 2.49. The summed E-state index contributed by atoms with van der Waals surface area (Å²) in [6.07, 6.45) is 2.43. The number of pyridine rings is 1. The summed E-state index contributed by atoms with van der Waals surface area (Å²) in [4.78, 5) is 18.1. The number of piperidine rings is 1. The Kier molecular flexibility index (Phi) is 4.60. The molecule has 2 aromatic rings. The molecule has 2 heterocycles. The van der Waals surface area contributed by atoms with Crippen molar-refractivity contribution in [2.45, 2.75) is 26.3 Å². The van der Waals surface area contributed by atoms with E-state index in [1.165, 1.54) is 12.8 Å². The van der Waals surface area contributed by atoms with Crippen LogP contribution in [0.4, 0.5) is 0 Å². The number of aromatic amines is 1. The van der Waals surface area contributed by atoms with Crippen LogP contribution in [0.15, 0.2) is 29.1 Å². The van der Waals surface area contributed by atoms with E-state index in [1.54, 1.807) is 13.2 Å². The molecule has 4 nitrogen and oxygen atoms in total. The molecule has 1 fully saturated rings. The number of hydrogen-bond donors (Lipinski definition) is 1. The zero-order valence-electron chi connectivity index (χ0n) is 13.4. The first-order chi connectivity index (χ1) is 10.7. The fourth-order valence-electron chi connectivity index (χ4n) is 3.41. The molecule has 0 amide bonds. The van der Waals surface area contributed by atoms with Crippen molar-refractivity contribution in [3.05, 3.63) is 45.7 Å². The molecule has 118 valence electrons. The van der Waals surface area contributed by atoms with E-state index in [0.29, 0.717) is 5.92 Å². The molecule has 0 saturated carbocycles. The van der Waals surface area contributed by atoms with Crippen molar-refractivity contribution in [1.29, 1.82) is 0 Å². The van der Waals surface area contributed by atoms with Crippen LogP contribution in [0.1, 0.15) is 24.1 Å². The third-order valence-corrected chi connectivity index (χ3v) is 4.44. The first kappa shape index (κ1) is 15.3. The molecular weight excluding hydrogens is 276 g/mol. The quantitative estimate of drug-likeness (QED) is 0.944. The van der Waals surface area contributed by atoms with E-state index in [9.17, 15) is 4.79 Å². The van der Waals surface area contributed by atoms with Crippen LogP contribution in [0, 0.1) is 12.8 Å². The maximum Gasteiger partial charge on any atom is 0.189 e. The molecule has 1 N–H and O–H groups in total. The van der Waals surface area contributed by atoms with E-state index in [1.807, 2.05) is 25.1 Å². The van der Waals surface area contributed by atoms with Crippen molar-refractivity contribution in [2.24, 2.45) is 5.92 Å². The van der Waals surface area contributed by atoms with Gasteiger partial charge in [0, 0.05) is 42.9 Å². The number of nitrogens with one attached hydrogen (secondary N) is 1. The average molecular weight is 300 g/mol. The molecule has 4 heteroatoms. The Balaban J connectivity index is 1.79. The lowest BCUT2D eigenvalue weighted by Crippen LogP contribution is -2.37. The number of aromatic nitrogens is 1. The molecule has 1 unspecified atom stereocenters. The molecule has 1 saturated heterocycles. The number of likely N-dealkylation sites (tertiary alicyclic amines) is 1. The molecule has 22 heavy (non-hydrogen) atoms. The van der Waals surface area contributed by atoms with Crippen molar-refractivity contribution in [3.8, 4) is 0 Å². The summed E-state index contributed by atoms with van der Waals surface area (Å²) in [5.74, 6) is 0.605. The number of benzene rings is 1. The van der Waals surface area contributed by atoms with Crippen molar-refractivity contribution in [1.82, 2.24) is 9.88 Å². The van der Waals surface area contributed by atoms with Crippen molar-refractivity contribution < 1.29 is 4.74 Å². The monoisotopic (exact) mass is 300 g/mol. The second-order valence-corrected chi connectivity index (χ2v) is 6.41. The van der Waals surface area contributed by atoms with E-state index < -0.39 is 0 Å². The van der Waals surface area contributed by atoms with Crippen LogP contribution in [0.5, 0.6) is 0 Å². The summed E-state index contributed by atoms with van der Waals surface area (Å²) in [5.41, 5.74) is 3.15. The van der Waals surface area contributed by atoms with Crippen LogP contribution in [-0.2, 0) is 11.3 Å². The van der Waals surface area contributed by atoms with E-state index >= 15 is 0 Å². The highest BCUT2D eigenvalue weighted by Gasteiger charge is 2.20. The highest BCUT2D eigenvalue weighted by atomic mass is 16.5. The molecule has 1 aromatic carbocycles. The van der Waals surface area contributed by atoms with E-state index in [0.717, 1.165) is 48.4 Å². The van der Waals surface area contributed by atoms with Gasteiger partial charge in [-0.2, -0.15) is 0 Å². The predicted octanol–water partition coefficient (Wildman–Crippen LogP) is 2.69. The van der Waals surface area contributed by atoms with Gasteiger partial charge in [0.25, 0.3) is 0 Å². The predicted molar refractivity (Wildman–Crippen MR) is 89.2 cm³/mol. The van der Waals surface area contributed by atoms with Gasteiger partial charge in [-0.15, -0.1) is 0 Å². The van der Waals surface area contributed by atoms with Crippen LogP contribution < -0.4 is 5.43 Å². The van der Waals surface area contributed by atoms with E-state index in [2.05, 4.69) is 9.88 Å². The van der Waals surface area contributed by atoms with Gasteiger partial charge in [0.2, 0.25) is 0 Å². The van der Waals surface area contributed by atoms with Crippen LogP contribution in [0.25, 0.3) is 10.9 Å². The molecule has 0 radical (unpaired) electrons. The number of ether oxygens (including phenoxy) is 1. The third-order valence-electron chi connectivity index (χ3n) is 4.44. The molecule has 0 bridgehead atoms. The fraction of sp³-hybridized carbons (Fsp3) is 0.500. The van der Waals surface area contributed by atoms with Gasteiger partial charge in [0.1, 0.15) is 0 Å². The standard InChI is InChI=1S/C18H24N2O2/c1-13-5-6-17-16(8-13)18(21)9-15(19-17)11-20-7-3-4-14(10-20)12-22-2/h5-6,8-9,14H,3-4,7,10-12H2,1-2H3,(H,19,21). The summed E-state index contributed by atoms with van der Waals surface area (Å²) in [5, 5.41) is 0.777. The molecule has 1 atom stereocenters. The Morgan fingerprint density at radius 2 is 2.23 bits per heavy atom. The minimum Gasteiger partial charge on any atom is -0.384 e. The topological polar surface area (TPSA) is 45.3 Å². The van der Waals surface area contributed by atoms with Crippen LogP contribution in [-0.4, -0.2) is 36.7 Å². The lowest BCUT2D eigenvalue weighted by molar-refractivity contribution is 0.0868. The molecule has 0 spiro atoms. The van der Waals surface area contributed by atoms with Gasteiger partial charge in [-0.05, 0) is 44.4 Å². The Morgan fingerprint density at radius 1 is 1.36 bits per heavy atom. The van der Waals surface area contributed by atoms with Gasteiger partial charge in [-0.3, -0.25) is 9.69 Å². The molecule has 1 aliphatic heterocycles. The van der Waals surface area contributed by atoms with Crippen molar-refractivity contribution >= 4 is 10.9 Å². The second kappa shape index (κ2) is 6.63. The minimum atomic E-state index is 0.109. The first-order valence-electron chi connectivity index (χ1n) is 7.99. The number of fused-ring (bicyclic) bond motifs is 1. The number of hydrogen-bond acceptors (Lipinski definition) is 3. The van der Waals surface area contributed by atoms with Crippen molar-refractivity contribution in [3.63, 3.8) is 0 Å². The molecule has 0 aliphatic carbocycles. The Labute approximate surface area is 131 Å². The zero-order valence-corrected chi connectivity index (χ0v) is 13.4. The summed E-state index contributed by atoms with van der Waals surface area (Å²) < 4.78 is 5.28. The number of rotatable bonds is 4. The van der Waals surface area contributed by atoms with Gasteiger partial charge in [-0.25, -0.2) is 0 Å². The van der Waals surface area contributed by atoms with Crippen LogP contribution in [0.3, 0.4) is 0 Å². The van der Waals surface area contributed by atoms with Gasteiger partial charge in [-0.1, -0.05) is 11.6 Å². The van der Waals surface area contributed by atoms with E-state index in [4.69, 9.17) is 4.74 Å². The van der Waals surface area contributed by atoms with Gasteiger partial charge in [0.15, 0.2) is 5.43 Å². The molecule has 3 rings (SSSR count). The first-order valence-corrected chi connectivity index (χ1v) is 7.99. The maximum atomic E-state index is 12.3. The number of methoxy groups -OCH3 is 1. The molecular formula is C18H24N2O2. The molecule has 1 aromatic heterocycles. The normalized spacial score (nSPS) is 19.6. The largest absolute Gasteiger partial charge is 0.384 e. The van der Waals surface area contributed by atoms with Gasteiger partial charge >= 0.3 is 0 Å². The van der Waals surface area contributed by atoms with Crippen LogP contribution in [0.2, 0.25) is 0 Å². The minimum absolute atomic E-state index is 0.109. The Hall–Kier alpha value is -1.65. The zero-order chi connectivity index (χ0) is 15.5. The lowest BCUT2D eigenvalue weighted by Gasteiger charge is -2.32. The Morgan fingerprint density at radius 3 is 3.05 bits per heavy atom. The summed E-state index contributed by atoms with van der Waals surface area (Å²) in [6, 6.07) is 7.74. The maximum absolute atomic E-state index is 12.3. The summed E-state index contributed by atoms with van der Waals surface area (Å²) in [7, 11) is 1.77. The highest BCUT2D eigenvalue weighted by Crippen LogP contribution is 2.19. The SMILES string of the molecule is COCC1CCCN(Cc2cc(=O)c3cc(C)ccc3[nH]2)C1. The smallest absolute Gasteiger partial charge is 0.189 e. The highest BCUT2D eigenvalue weighted by molar-refractivity contribution is 5.79. The van der Waals surface area contributed by atoms with Crippen LogP contribution >= 0.6 is 0 Å². The summed E-state index contributed by atoms with van der Waals surface area (Å²) in [6.45, 7) is 5.77. The molecule has 1 aliphatic rings. The van der Waals surface area contributed by atoms with Crippen molar-refractivity contribution in [2.75, 3.05) is 26.8 Å². The number of nitrogens with zero attached hydrogens (tertiary/aromatic N) is 1. The summed E-state index contributed by atoms with van der Waals surface area (Å²) >= 11 is 0. The fourth-order valence-corrected chi connectivity index (χ4v) is 3.41. The second-order valence-electron chi connectivity index (χ2n) is 6.41. The van der Waals surface area contributed by atoms with Gasteiger partial charge < -0.3 is 9.72 Å².